The minimum Gasteiger partial charge on any atom is -0.396 e. The maximum atomic E-state index is 13.1. The van der Waals surface area contributed by atoms with E-state index in [0.717, 1.165) is 18.0 Å². The molecule has 2 atom stereocenters. The first kappa shape index (κ1) is 11.1. The van der Waals surface area contributed by atoms with Crippen molar-refractivity contribution in [2.24, 2.45) is 11.8 Å². The fourth-order valence-electron chi connectivity index (χ4n) is 2.09. The lowest BCUT2D eigenvalue weighted by Crippen LogP contribution is -2.05. The summed E-state index contributed by atoms with van der Waals surface area (Å²) in [6.45, 7) is 3.02. The summed E-state index contributed by atoms with van der Waals surface area (Å²) in [6.07, 6.45) is 1.21. The predicted molar refractivity (Wildman–Crippen MR) is 64.9 cm³/mol. The standard InChI is InChI=1S/C12H14FN5/c1-7-4-9(7)6-18-12(15-16-17-18)8-2-3-10(13)11(14)5-8/h2-3,5,7,9H,4,6,14H2,1H3. The van der Waals surface area contributed by atoms with Gasteiger partial charge in [0.05, 0.1) is 5.69 Å². The fourth-order valence-corrected chi connectivity index (χ4v) is 2.09. The second-order valence-electron chi connectivity index (χ2n) is 4.89. The molecule has 0 aliphatic heterocycles. The fraction of sp³-hybridized carbons (Fsp3) is 0.417. The summed E-state index contributed by atoms with van der Waals surface area (Å²) in [5, 5.41) is 11.7. The SMILES string of the molecule is CC1CC1Cn1nnnc1-c1ccc(F)c(N)c1. The molecule has 2 N–H and O–H groups in total. The second kappa shape index (κ2) is 4.04. The van der Waals surface area contributed by atoms with Crippen LogP contribution in [0.1, 0.15) is 13.3 Å². The van der Waals surface area contributed by atoms with E-state index in [2.05, 4.69) is 22.4 Å². The first-order valence-electron chi connectivity index (χ1n) is 5.96. The number of hydrogen-bond donors (Lipinski definition) is 1. The van der Waals surface area contributed by atoms with Gasteiger partial charge in [-0.2, -0.15) is 0 Å². The maximum Gasteiger partial charge on any atom is 0.182 e. The Morgan fingerprint density at radius 1 is 1.50 bits per heavy atom. The zero-order chi connectivity index (χ0) is 12.7. The van der Waals surface area contributed by atoms with Crippen LogP contribution in [0.25, 0.3) is 11.4 Å². The summed E-state index contributed by atoms with van der Waals surface area (Å²) in [5.74, 6) is 1.60. The summed E-state index contributed by atoms with van der Waals surface area (Å²) >= 11 is 0. The number of nitrogens with two attached hydrogens (primary N) is 1. The van der Waals surface area contributed by atoms with Crippen molar-refractivity contribution in [2.45, 2.75) is 19.9 Å². The Hall–Kier alpha value is -1.98. The lowest BCUT2D eigenvalue weighted by atomic mass is 10.2. The minimum atomic E-state index is -0.423. The third kappa shape index (κ3) is 1.94. The molecule has 3 rings (SSSR count). The molecule has 0 spiro atoms. The highest BCUT2D eigenvalue weighted by atomic mass is 19.1. The molecule has 1 aromatic carbocycles. The van der Waals surface area contributed by atoms with Crippen molar-refractivity contribution in [2.75, 3.05) is 5.73 Å². The van der Waals surface area contributed by atoms with Crippen molar-refractivity contribution in [1.29, 1.82) is 0 Å². The van der Waals surface area contributed by atoms with Crippen molar-refractivity contribution in [3.63, 3.8) is 0 Å². The Morgan fingerprint density at radius 2 is 2.28 bits per heavy atom. The quantitative estimate of drug-likeness (QED) is 0.838. The monoisotopic (exact) mass is 247 g/mol. The molecule has 6 heteroatoms. The summed E-state index contributed by atoms with van der Waals surface area (Å²) in [5.41, 5.74) is 6.42. The number of nitrogen functional groups attached to an aromatic ring is 1. The molecule has 2 aromatic rings. The smallest absolute Gasteiger partial charge is 0.182 e. The van der Waals surface area contributed by atoms with Crippen molar-refractivity contribution in [3.8, 4) is 11.4 Å². The van der Waals surface area contributed by atoms with E-state index in [-0.39, 0.29) is 5.69 Å². The zero-order valence-corrected chi connectivity index (χ0v) is 10.0. The number of aromatic nitrogens is 4. The summed E-state index contributed by atoms with van der Waals surface area (Å²) in [6, 6.07) is 4.54. The minimum absolute atomic E-state index is 0.113. The van der Waals surface area contributed by atoms with Crippen LogP contribution >= 0.6 is 0 Å². The molecule has 0 bridgehead atoms. The van der Waals surface area contributed by atoms with Crippen molar-refractivity contribution >= 4 is 5.69 Å². The average molecular weight is 247 g/mol. The van der Waals surface area contributed by atoms with Gasteiger partial charge in [-0.15, -0.1) is 5.10 Å². The third-order valence-corrected chi connectivity index (χ3v) is 3.47. The molecule has 1 heterocycles. The summed E-state index contributed by atoms with van der Waals surface area (Å²) < 4.78 is 14.9. The van der Waals surface area contributed by atoms with E-state index in [1.54, 1.807) is 16.8 Å². The van der Waals surface area contributed by atoms with Crippen molar-refractivity contribution in [3.05, 3.63) is 24.0 Å². The Bertz CT molecular complexity index is 580. The largest absolute Gasteiger partial charge is 0.396 e. The molecule has 1 saturated carbocycles. The van der Waals surface area contributed by atoms with Crippen LogP contribution < -0.4 is 5.73 Å². The lowest BCUT2D eigenvalue weighted by molar-refractivity contribution is 0.528. The molecule has 18 heavy (non-hydrogen) atoms. The summed E-state index contributed by atoms with van der Waals surface area (Å²) in [4.78, 5) is 0. The van der Waals surface area contributed by atoms with Gasteiger partial charge >= 0.3 is 0 Å². The number of benzene rings is 1. The normalized spacial score (nSPS) is 22.1. The van der Waals surface area contributed by atoms with Gasteiger partial charge in [0.1, 0.15) is 5.82 Å². The van der Waals surface area contributed by atoms with Gasteiger partial charge in [0.25, 0.3) is 0 Å². The van der Waals surface area contributed by atoms with Crippen LogP contribution in [0.5, 0.6) is 0 Å². The lowest BCUT2D eigenvalue weighted by Gasteiger charge is -2.05. The maximum absolute atomic E-state index is 13.1. The first-order valence-corrected chi connectivity index (χ1v) is 5.96. The number of halogens is 1. The molecule has 0 radical (unpaired) electrons. The van der Waals surface area contributed by atoms with E-state index in [1.165, 1.54) is 12.5 Å². The van der Waals surface area contributed by atoms with Crippen LogP contribution in [0.4, 0.5) is 10.1 Å². The average Bonchev–Trinajstić information content (AvgIpc) is 2.86. The molecular weight excluding hydrogens is 233 g/mol. The van der Waals surface area contributed by atoms with E-state index in [0.29, 0.717) is 11.7 Å². The van der Waals surface area contributed by atoms with Crippen LogP contribution in [0, 0.1) is 17.7 Å². The number of anilines is 1. The van der Waals surface area contributed by atoms with Gasteiger partial charge in [-0.3, -0.25) is 0 Å². The van der Waals surface area contributed by atoms with Gasteiger partial charge in [-0.05, 0) is 46.9 Å². The summed E-state index contributed by atoms with van der Waals surface area (Å²) in [7, 11) is 0. The Morgan fingerprint density at radius 3 is 2.94 bits per heavy atom. The third-order valence-electron chi connectivity index (χ3n) is 3.47. The highest BCUT2D eigenvalue weighted by Crippen LogP contribution is 2.39. The Kier molecular flexibility index (Phi) is 2.50. The van der Waals surface area contributed by atoms with Gasteiger partial charge in [-0.25, -0.2) is 9.07 Å². The van der Waals surface area contributed by atoms with Gasteiger partial charge < -0.3 is 5.73 Å². The molecule has 1 aliphatic rings. The molecule has 0 saturated heterocycles. The topological polar surface area (TPSA) is 69.6 Å². The van der Waals surface area contributed by atoms with Crippen LogP contribution in [-0.4, -0.2) is 20.2 Å². The molecule has 2 unspecified atom stereocenters. The highest BCUT2D eigenvalue weighted by molar-refractivity contribution is 5.61. The van der Waals surface area contributed by atoms with Gasteiger partial charge in [0.2, 0.25) is 0 Å². The number of hydrogen-bond acceptors (Lipinski definition) is 4. The predicted octanol–water partition coefficient (Wildman–Crippen LogP) is 1.72. The molecule has 94 valence electrons. The van der Waals surface area contributed by atoms with Crippen LogP contribution in [0.2, 0.25) is 0 Å². The van der Waals surface area contributed by atoms with E-state index in [9.17, 15) is 4.39 Å². The van der Waals surface area contributed by atoms with Crippen molar-refractivity contribution in [1.82, 2.24) is 20.2 Å². The van der Waals surface area contributed by atoms with Gasteiger partial charge in [0.15, 0.2) is 5.82 Å². The highest BCUT2D eigenvalue weighted by Gasteiger charge is 2.33. The van der Waals surface area contributed by atoms with Crippen LogP contribution in [0.3, 0.4) is 0 Å². The molecule has 0 amide bonds. The number of nitrogens with zero attached hydrogens (tertiary/aromatic N) is 4. The molecule has 1 fully saturated rings. The Balaban J connectivity index is 1.91. The van der Waals surface area contributed by atoms with Gasteiger partial charge in [0, 0.05) is 12.1 Å². The van der Waals surface area contributed by atoms with E-state index in [1.807, 2.05) is 0 Å². The second-order valence-corrected chi connectivity index (χ2v) is 4.89. The van der Waals surface area contributed by atoms with Crippen molar-refractivity contribution < 1.29 is 4.39 Å². The Labute approximate surface area is 104 Å². The van der Waals surface area contributed by atoms with E-state index >= 15 is 0 Å². The van der Waals surface area contributed by atoms with Gasteiger partial charge in [-0.1, -0.05) is 6.92 Å². The molecular formula is C12H14FN5. The number of tetrazole rings is 1. The van der Waals surface area contributed by atoms with Crippen LogP contribution in [0.15, 0.2) is 18.2 Å². The number of rotatable bonds is 3. The zero-order valence-electron chi connectivity index (χ0n) is 10.0. The van der Waals surface area contributed by atoms with E-state index < -0.39 is 5.82 Å². The van der Waals surface area contributed by atoms with Crippen LogP contribution in [-0.2, 0) is 6.54 Å². The molecule has 1 aromatic heterocycles. The van der Waals surface area contributed by atoms with E-state index in [4.69, 9.17) is 5.73 Å². The first-order chi connectivity index (χ1) is 8.65. The molecule has 1 aliphatic carbocycles. The molecule has 5 nitrogen and oxygen atoms in total.